The van der Waals surface area contributed by atoms with E-state index in [4.69, 9.17) is 16.3 Å². The molecule has 28 heavy (non-hydrogen) atoms. The van der Waals surface area contributed by atoms with E-state index in [0.29, 0.717) is 11.6 Å². The van der Waals surface area contributed by atoms with E-state index in [9.17, 15) is 4.79 Å². The predicted octanol–water partition coefficient (Wildman–Crippen LogP) is 5.64. The monoisotopic (exact) mass is 397 g/mol. The summed E-state index contributed by atoms with van der Waals surface area (Å²) >= 11 is 6.05. The Labute approximate surface area is 172 Å². The molecule has 148 valence electrons. The topological polar surface area (TPSA) is 38.3 Å². The SMILES string of the molecule is C=C[C@@H](OC1CCCCC1)[C@H](C(=O)NCc1ccccc1)c1ccc(Cl)cc1. The molecule has 3 nitrogen and oxygen atoms in total. The molecule has 3 rings (SSSR count). The van der Waals surface area contributed by atoms with Gasteiger partial charge in [0.25, 0.3) is 0 Å². The van der Waals surface area contributed by atoms with E-state index in [1.54, 1.807) is 6.08 Å². The van der Waals surface area contributed by atoms with E-state index in [1.807, 2.05) is 54.6 Å². The second-order valence-electron chi connectivity index (χ2n) is 7.33. The number of halogens is 1. The van der Waals surface area contributed by atoms with Gasteiger partial charge in [0, 0.05) is 11.6 Å². The van der Waals surface area contributed by atoms with Gasteiger partial charge >= 0.3 is 0 Å². The van der Waals surface area contributed by atoms with Gasteiger partial charge in [0.15, 0.2) is 0 Å². The second kappa shape index (κ2) is 10.4. The van der Waals surface area contributed by atoms with Crippen molar-refractivity contribution in [2.24, 2.45) is 0 Å². The van der Waals surface area contributed by atoms with Crippen LogP contribution in [0.1, 0.15) is 49.1 Å². The number of ether oxygens (including phenoxy) is 1. The van der Waals surface area contributed by atoms with Crippen LogP contribution in [0.4, 0.5) is 0 Å². The van der Waals surface area contributed by atoms with Crippen LogP contribution in [0.5, 0.6) is 0 Å². The Morgan fingerprint density at radius 2 is 1.79 bits per heavy atom. The van der Waals surface area contributed by atoms with Gasteiger partial charge < -0.3 is 10.1 Å². The lowest BCUT2D eigenvalue weighted by molar-refractivity contribution is -0.127. The zero-order valence-corrected chi connectivity index (χ0v) is 16.9. The Bertz CT molecular complexity index is 754. The molecule has 1 aliphatic rings. The highest BCUT2D eigenvalue weighted by atomic mass is 35.5. The molecule has 1 aliphatic carbocycles. The fourth-order valence-corrected chi connectivity index (χ4v) is 3.87. The van der Waals surface area contributed by atoms with Gasteiger partial charge in [-0.15, -0.1) is 6.58 Å². The summed E-state index contributed by atoms with van der Waals surface area (Å²) in [6.45, 7) is 4.44. The third-order valence-electron chi connectivity index (χ3n) is 5.28. The highest BCUT2D eigenvalue weighted by Gasteiger charge is 2.31. The molecule has 0 saturated heterocycles. The molecule has 1 fully saturated rings. The Morgan fingerprint density at radius 1 is 1.11 bits per heavy atom. The number of amides is 1. The molecule has 0 unspecified atom stereocenters. The highest BCUT2D eigenvalue weighted by molar-refractivity contribution is 6.30. The summed E-state index contributed by atoms with van der Waals surface area (Å²) in [7, 11) is 0. The van der Waals surface area contributed by atoms with Gasteiger partial charge in [0.1, 0.15) is 0 Å². The predicted molar refractivity (Wildman–Crippen MR) is 114 cm³/mol. The van der Waals surface area contributed by atoms with Crippen LogP contribution in [-0.4, -0.2) is 18.1 Å². The Hall–Kier alpha value is -2.10. The van der Waals surface area contributed by atoms with Crippen molar-refractivity contribution in [1.29, 1.82) is 0 Å². The molecule has 0 aromatic heterocycles. The van der Waals surface area contributed by atoms with E-state index < -0.39 is 5.92 Å². The van der Waals surface area contributed by atoms with Crippen LogP contribution in [0.3, 0.4) is 0 Å². The van der Waals surface area contributed by atoms with Crippen molar-refractivity contribution in [3.05, 3.63) is 83.4 Å². The minimum Gasteiger partial charge on any atom is -0.370 e. The van der Waals surface area contributed by atoms with E-state index >= 15 is 0 Å². The molecule has 4 heteroatoms. The van der Waals surface area contributed by atoms with Crippen molar-refractivity contribution in [1.82, 2.24) is 5.32 Å². The van der Waals surface area contributed by atoms with Crippen LogP contribution in [0, 0.1) is 0 Å². The van der Waals surface area contributed by atoms with Crippen LogP contribution in [0.25, 0.3) is 0 Å². The maximum absolute atomic E-state index is 13.2. The Morgan fingerprint density at radius 3 is 2.43 bits per heavy atom. The molecule has 0 aliphatic heterocycles. The minimum atomic E-state index is -0.458. The van der Waals surface area contributed by atoms with Crippen molar-refractivity contribution in [2.45, 2.75) is 56.8 Å². The number of hydrogen-bond donors (Lipinski definition) is 1. The zero-order valence-electron chi connectivity index (χ0n) is 16.1. The molecule has 0 spiro atoms. The fraction of sp³-hybridized carbons (Fsp3) is 0.375. The molecule has 1 N–H and O–H groups in total. The van der Waals surface area contributed by atoms with E-state index in [0.717, 1.165) is 24.0 Å². The summed E-state index contributed by atoms with van der Waals surface area (Å²) in [6.07, 6.45) is 7.29. The average Bonchev–Trinajstić information content (AvgIpc) is 2.74. The Balaban J connectivity index is 1.77. The molecule has 1 saturated carbocycles. The first-order chi connectivity index (χ1) is 13.7. The van der Waals surface area contributed by atoms with Gasteiger partial charge in [0.2, 0.25) is 5.91 Å². The summed E-state index contributed by atoms with van der Waals surface area (Å²) in [4.78, 5) is 13.2. The molecular formula is C24H28ClNO2. The minimum absolute atomic E-state index is 0.0631. The molecule has 1 amide bonds. The molecule has 0 radical (unpaired) electrons. The van der Waals surface area contributed by atoms with Crippen molar-refractivity contribution in [3.63, 3.8) is 0 Å². The zero-order chi connectivity index (χ0) is 19.8. The lowest BCUT2D eigenvalue weighted by Crippen LogP contribution is -2.38. The maximum atomic E-state index is 13.2. The van der Waals surface area contributed by atoms with Gasteiger partial charge in [0.05, 0.1) is 18.1 Å². The number of carbonyl (C=O) groups excluding carboxylic acids is 1. The first-order valence-corrected chi connectivity index (χ1v) is 10.4. The summed E-state index contributed by atoms with van der Waals surface area (Å²) in [6, 6.07) is 17.3. The van der Waals surface area contributed by atoms with Crippen molar-refractivity contribution in [3.8, 4) is 0 Å². The third kappa shape index (κ3) is 5.70. The normalized spacial score (nSPS) is 16.9. The van der Waals surface area contributed by atoms with Gasteiger partial charge in [-0.2, -0.15) is 0 Å². The second-order valence-corrected chi connectivity index (χ2v) is 7.77. The fourth-order valence-electron chi connectivity index (χ4n) is 3.75. The van der Waals surface area contributed by atoms with Crippen LogP contribution in [0.15, 0.2) is 67.3 Å². The molecule has 2 aromatic rings. The lowest BCUT2D eigenvalue weighted by Gasteiger charge is -2.30. The number of hydrogen-bond acceptors (Lipinski definition) is 2. The Kier molecular flexibility index (Phi) is 7.70. The number of benzene rings is 2. The van der Waals surface area contributed by atoms with Gasteiger partial charge in [-0.25, -0.2) is 0 Å². The van der Waals surface area contributed by atoms with E-state index in [2.05, 4.69) is 11.9 Å². The van der Waals surface area contributed by atoms with Crippen molar-refractivity contribution in [2.75, 3.05) is 0 Å². The van der Waals surface area contributed by atoms with Crippen LogP contribution < -0.4 is 5.32 Å². The molecule has 2 aromatic carbocycles. The number of rotatable bonds is 8. The molecule has 0 heterocycles. The van der Waals surface area contributed by atoms with Crippen molar-refractivity contribution < 1.29 is 9.53 Å². The number of carbonyl (C=O) groups is 1. The largest absolute Gasteiger partial charge is 0.370 e. The summed E-state index contributed by atoms with van der Waals surface area (Å²) in [5, 5.41) is 3.71. The summed E-state index contributed by atoms with van der Waals surface area (Å²) in [5.74, 6) is -0.521. The maximum Gasteiger partial charge on any atom is 0.230 e. The molecule has 0 bridgehead atoms. The highest BCUT2D eigenvalue weighted by Crippen LogP contribution is 2.29. The first kappa shape index (κ1) is 20.6. The summed E-state index contributed by atoms with van der Waals surface area (Å²) < 4.78 is 6.35. The van der Waals surface area contributed by atoms with Crippen LogP contribution in [0.2, 0.25) is 5.02 Å². The number of nitrogens with one attached hydrogen (secondary N) is 1. The molecular weight excluding hydrogens is 370 g/mol. The van der Waals surface area contributed by atoms with Gasteiger partial charge in [-0.05, 0) is 36.1 Å². The average molecular weight is 398 g/mol. The van der Waals surface area contributed by atoms with Crippen LogP contribution in [-0.2, 0) is 16.1 Å². The quantitative estimate of drug-likeness (QED) is 0.585. The molecule has 2 atom stereocenters. The van der Waals surface area contributed by atoms with Crippen LogP contribution >= 0.6 is 11.6 Å². The van der Waals surface area contributed by atoms with E-state index in [1.165, 1.54) is 19.3 Å². The summed E-state index contributed by atoms with van der Waals surface area (Å²) in [5.41, 5.74) is 1.95. The van der Waals surface area contributed by atoms with Crippen molar-refractivity contribution >= 4 is 17.5 Å². The standard InChI is InChI=1S/C24H28ClNO2/c1-2-22(28-21-11-7-4-8-12-21)23(19-13-15-20(25)16-14-19)24(27)26-17-18-9-5-3-6-10-18/h2-3,5-6,9-10,13-16,21-23H,1,4,7-8,11-12,17H2,(H,26,27)/t22-,23-/m1/s1. The van der Waals surface area contributed by atoms with Gasteiger partial charge in [-0.3, -0.25) is 4.79 Å². The van der Waals surface area contributed by atoms with E-state index in [-0.39, 0.29) is 18.1 Å². The van der Waals surface area contributed by atoms with Gasteiger partial charge in [-0.1, -0.05) is 79.4 Å². The first-order valence-electron chi connectivity index (χ1n) is 10.0. The smallest absolute Gasteiger partial charge is 0.230 e. The third-order valence-corrected chi connectivity index (χ3v) is 5.54. The lowest BCUT2D eigenvalue weighted by atomic mass is 9.91.